The molecule has 0 unspecified atom stereocenters. The third-order valence-electron chi connectivity index (χ3n) is 2.73. The van der Waals surface area contributed by atoms with Crippen molar-refractivity contribution >= 4 is 46.8 Å². The van der Waals surface area contributed by atoms with Gasteiger partial charge in [-0.1, -0.05) is 23.2 Å². The lowest BCUT2D eigenvalue weighted by Gasteiger charge is -2.12. The maximum absolute atomic E-state index is 12.1. The first kappa shape index (κ1) is 17.0. The minimum Gasteiger partial charge on any atom is -0.454 e. The fourth-order valence-corrected chi connectivity index (χ4v) is 2.14. The molecule has 0 bridgehead atoms. The molecule has 0 aliphatic rings. The number of hydrogen-bond donors (Lipinski definition) is 2. The third-order valence-corrected chi connectivity index (χ3v) is 3.26. The van der Waals surface area contributed by atoms with Crippen LogP contribution in [-0.2, 0) is 11.3 Å². The summed E-state index contributed by atoms with van der Waals surface area (Å²) in [5.41, 5.74) is 11.5. The Hall–Kier alpha value is -2.32. The Morgan fingerprint density at radius 1 is 1.22 bits per heavy atom. The van der Waals surface area contributed by atoms with Crippen LogP contribution >= 0.6 is 23.2 Å². The van der Waals surface area contributed by atoms with E-state index in [4.69, 9.17) is 39.4 Å². The Kier molecular flexibility index (Phi) is 5.07. The number of anilines is 3. The molecular formula is C13H14Cl2N6O2. The quantitative estimate of drug-likeness (QED) is 0.627. The molecule has 1 heterocycles. The first-order valence-electron chi connectivity index (χ1n) is 6.37. The number of aromatic nitrogens is 3. The SMILES string of the molecule is CN(C)c1nc(N)nc(COC(=O)c2cc(Cl)cc(Cl)c2N)n1. The molecule has 0 amide bonds. The van der Waals surface area contributed by atoms with Crippen LogP contribution in [-0.4, -0.2) is 35.0 Å². The zero-order valence-electron chi connectivity index (χ0n) is 12.4. The highest BCUT2D eigenvalue weighted by Gasteiger charge is 2.16. The molecule has 0 saturated carbocycles. The molecule has 2 aromatic rings. The van der Waals surface area contributed by atoms with Gasteiger partial charge in [-0.3, -0.25) is 0 Å². The molecule has 23 heavy (non-hydrogen) atoms. The van der Waals surface area contributed by atoms with Crippen molar-refractivity contribution in [2.24, 2.45) is 0 Å². The number of nitrogen functional groups attached to an aromatic ring is 2. The molecule has 0 aliphatic carbocycles. The van der Waals surface area contributed by atoms with E-state index in [0.29, 0.717) is 5.95 Å². The third kappa shape index (κ3) is 4.11. The topological polar surface area (TPSA) is 120 Å². The van der Waals surface area contributed by atoms with Crippen molar-refractivity contribution in [3.63, 3.8) is 0 Å². The smallest absolute Gasteiger partial charge is 0.340 e. The van der Waals surface area contributed by atoms with Crippen molar-refractivity contribution in [3.8, 4) is 0 Å². The van der Waals surface area contributed by atoms with Crippen LogP contribution in [0.25, 0.3) is 0 Å². The molecule has 122 valence electrons. The van der Waals surface area contributed by atoms with Crippen LogP contribution in [0.3, 0.4) is 0 Å². The van der Waals surface area contributed by atoms with Crippen LogP contribution in [0.5, 0.6) is 0 Å². The fraction of sp³-hybridized carbons (Fsp3) is 0.231. The maximum atomic E-state index is 12.1. The lowest BCUT2D eigenvalue weighted by molar-refractivity contribution is 0.0463. The molecule has 0 aliphatic heterocycles. The second-order valence-electron chi connectivity index (χ2n) is 4.73. The van der Waals surface area contributed by atoms with Gasteiger partial charge in [-0.25, -0.2) is 4.79 Å². The summed E-state index contributed by atoms with van der Waals surface area (Å²) in [6.45, 7) is -0.198. The van der Waals surface area contributed by atoms with Gasteiger partial charge in [0.15, 0.2) is 12.4 Å². The average Bonchev–Trinajstić information content (AvgIpc) is 2.47. The number of ether oxygens (including phenoxy) is 1. The molecule has 0 fully saturated rings. The van der Waals surface area contributed by atoms with E-state index in [1.54, 1.807) is 19.0 Å². The van der Waals surface area contributed by atoms with Crippen molar-refractivity contribution in [2.45, 2.75) is 6.61 Å². The summed E-state index contributed by atoms with van der Waals surface area (Å²) in [6, 6.07) is 2.81. The van der Waals surface area contributed by atoms with Crippen molar-refractivity contribution in [2.75, 3.05) is 30.5 Å². The number of halogens is 2. The highest BCUT2D eigenvalue weighted by atomic mass is 35.5. The monoisotopic (exact) mass is 356 g/mol. The summed E-state index contributed by atoms with van der Waals surface area (Å²) in [7, 11) is 3.50. The van der Waals surface area contributed by atoms with Crippen LogP contribution in [0.4, 0.5) is 17.6 Å². The summed E-state index contributed by atoms with van der Waals surface area (Å²) in [6.07, 6.45) is 0. The Morgan fingerprint density at radius 3 is 2.57 bits per heavy atom. The zero-order chi connectivity index (χ0) is 17.1. The minimum atomic E-state index is -0.697. The van der Waals surface area contributed by atoms with Gasteiger partial charge in [0.25, 0.3) is 0 Å². The summed E-state index contributed by atoms with van der Waals surface area (Å²) in [4.78, 5) is 25.7. The van der Waals surface area contributed by atoms with Gasteiger partial charge in [0.1, 0.15) is 0 Å². The summed E-state index contributed by atoms with van der Waals surface area (Å²) in [5, 5.41) is 0.444. The van der Waals surface area contributed by atoms with Crippen LogP contribution in [0.2, 0.25) is 10.0 Å². The highest BCUT2D eigenvalue weighted by Crippen LogP contribution is 2.28. The van der Waals surface area contributed by atoms with Crippen LogP contribution < -0.4 is 16.4 Å². The number of esters is 1. The maximum Gasteiger partial charge on any atom is 0.340 e. The molecule has 4 N–H and O–H groups in total. The Balaban J connectivity index is 2.17. The minimum absolute atomic E-state index is 0.0278. The zero-order valence-corrected chi connectivity index (χ0v) is 13.9. The molecular weight excluding hydrogens is 343 g/mol. The van der Waals surface area contributed by atoms with E-state index in [1.165, 1.54) is 12.1 Å². The molecule has 10 heteroatoms. The molecule has 1 aromatic carbocycles. The molecule has 0 saturated heterocycles. The standard InChI is InChI=1S/C13H14Cl2N6O2/c1-21(2)13-19-9(18-12(17)20-13)5-23-11(22)7-3-6(14)4-8(15)10(7)16/h3-4H,5,16H2,1-2H3,(H2,17,18,19,20). The van der Waals surface area contributed by atoms with E-state index in [1.807, 2.05) is 0 Å². The summed E-state index contributed by atoms with van der Waals surface area (Å²) in [5.74, 6) is -0.104. The van der Waals surface area contributed by atoms with Gasteiger partial charge in [0.2, 0.25) is 11.9 Å². The van der Waals surface area contributed by atoms with Crippen LogP contribution in [0, 0.1) is 0 Å². The van der Waals surface area contributed by atoms with E-state index in [9.17, 15) is 4.79 Å². The molecule has 0 radical (unpaired) electrons. The van der Waals surface area contributed by atoms with Gasteiger partial charge in [-0.05, 0) is 12.1 Å². The number of rotatable bonds is 4. The van der Waals surface area contributed by atoms with E-state index in [-0.39, 0.29) is 39.7 Å². The molecule has 2 rings (SSSR count). The van der Waals surface area contributed by atoms with Gasteiger partial charge < -0.3 is 21.1 Å². The lowest BCUT2D eigenvalue weighted by atomic mass is 10.2. The Morgan fingerprint density at radius 2 is 1.91 bits per heavy atom. The van der Waals surface area contributed by atoms with E-state index in [2.05, 4.69) is 15.0 Å². The van der Waals surface area contributed by atoms with E-state index >= 15 is 0 Å². The van der Waals surface area contributed by atoms with Crippen LogP contribution in [0.1, 0.15) is 16.2 Å². The van der Waals surface area contributed by atoms with Gasteiger partial charge >= 0.3 is 5.97 Å². The Labute approximate surface area is 142 Å². The molecule has 1 aromatic heterocycles. The second-order valence-corrected chi connectivity index (χ2v) is 5.57. The highest BCUT2D eigenvalue weighted by molar-refractivity contribution is 6.37. The Bertz CT molecular complexity index is 753. The van der Waals surface area contributed by atoms with Gasteiger partial charge in [0.05, 0.1) is 16.3 Å². The van der Waals surface area contributed by atoms with Crippen LogP contribution in [0.15, 0.2) is 12.1 Å². The van der Waals surface area contributed by atoms with Gasteiger partial charge in [0, 0.05) is 19.1 Å². The number of nitrogens with two attached hydrogens (primary N) is 2. The van der Waals surface area contributed by atoms with E-state index < -0.39 is 5.97 Å². The predicted octanol–water partition coefficient (Wildman–Crippen LogP) is 1.77. The average molecular weight is 357 g/mol. The molecule has 0 atom stereocenters. The fourth-order valence-electron chi connectivity index (χ4n) is 1.65. The normalized spacial score (nSPS) is 10.4. The number of carbonyl (C=O) groups excluding carboxylic acids is 1. The first-order valence-corrected chi connectivity index (χ1v) is 7.13. The number of benzene rings is 1. The van der Waals surface area contributed by atoms with Crippen molar-refractivity contribution in [3.05, 3.63) is 33.6 Å². The number of nitrogens with zero attached hydrogens (tertiary/aromatic N) is 4. The van der Waals surface area contributed by atoms with Gasteiger partial charge in [-0.2, -0.15) is 15.0 Å². The second kappa shape index (κ2) is 6.84. The van der Waals surface area contributed by atoms with Crippen molar-refractivity contribution in [1.82, 2.24) is 15.0 Å². The predicted molar refractivity (Wildman–Crippen MR) is 88.6 cm³/mol. The molecule has 8 nitrogen and oxygen atoms in total. The summed E-state index contributed by atoms with van der Waals surface area (Å²) < 4.78 is 5.13. The number of carbonyl (C=O) groups is 1. The van der Waals surface area contributed by atoms with E-state index in [0.717, 1.165) is 0 Å². The number of hydrogen-bond acceptors (Lipinski definition) is 8. The first-order chi connectivity index (χ1) is 10.8. The van der Waals surface area contributed by atoms with Crippen molar-refractivity contribution in [1.29, 1.82) is 0 Å². The molecule has 0 spiro atoms. The van der Waals surface area contributed by atoms with Gasteiger partial charge in [-0.15, -0.1) is 0 Å². The summed E-state index contributed by atoms with van der Waals surface area (Å²) >= 11 is 11.7. The lowest BCUT2D eigenvalue weighted by Crippen LogP contribution is -2.17. The van der Waals surface area contributed by atoms with Crippen molar-refractivity contribution < 1.29 is 9.53 Å². The largest absolute Gasteiger partial charge is 0.454 e.